The molecule has 1 heterocycles. The number of carbonyl (C=O) groups is 2. The number of ether oxygens (including phenoxy) is 1. The number of hydrogen-bond donors (Lipinski definition) is 1. The number of hydrogen-bond acceptors (Lipinski definition) is 3. The number of amides is 2. The first-order valence-corrected chi connectivity index (χ1v) is 8.80. The van der Waals surface area contributed by atoms with Gasteiger partial charge in [-0.25, -0.2) is 0 Å². The fourth-order valence-corrected chi connectivity index (χ4v) is 3.19. The maximum Gasteiger partial charge on any atom is 0.243 e. The van der Waals surface area contributed by atoms with E-state index in [2.05, 4.69) is 11.4 Å². The van der Waals surface area contributed by atoms with Crippen molar-refractivity contribution in [2.75, 3.05) is 18.6 Å². The summed E-state index contributed by atoms with van der Waals surface area (Å²) in [6.45, 7) is 0.706. The van der Waals surface area contributed by atoms with Crippen LogP contribution in [-0.4, -0.2) is 31.6 Å². The fourth-order valence-electron chi connectivity index (χ4n) is 3.06. The molecule has 1 unspecified atom stereocenters. The molecule has 135 valence electrons. The van der Waals surface area contributed by atoms with Crippen LogP contribution in [0.15, 0.2) is 42.5 Å². The summed E-state index contributed by atoms with van der Waals surface area (Å²) in [5.41, 5.74) is 2.67. The predicted octanol–water partition coefficient (Wildman–Crippen LogP) is 2.75. The summed E-state index contributed by atoms with van der Waals surface area (Å²) < 4.78 is 5.01. The van der Waals surface area contributed by atoms with Crippen LogP contribution >= 0.6 is 11.6 Å². The summed E-state index contributed by atoms with van der Waals surface area (Å²) in [6, 6.07) is 15.2. The van der Waals surface area contributed by atoms with E-state index in [4.69, 9.17) is 16.3 Å². The predicted molar refractivity (Wildman–Crippen MR) is 100 cm³/mol. The lowest BCUT2D eigenvalue weighted by molar-refractivity contribution is -0.126. The van der Waals surface area contributed by atoms with E-state index in [0.717, 1.165) is 16.8 Å². The number of benzene rings is 2. The second-order valence-electron chi connectivity index (χ2n) is 6.13. The number of nitrogens with one attached hydrogen (secondary N) is 1. The molecule has 0 saturated carbocycles. The van der Waals surface area contributed by atoms with Crippen molar-refractivity contribution in [3.8, 4) is 0 Å². The standard InChI is InChI=1S/C20H20ClN2O3/c1-26-11-10-19(24)23-17-5-3-2-4-15(17)12-18(23)20(25)22-13-14-6-8-16(21)9-7-14/h3-9,18H,10-13H2,1H3,(H,22,25). The van der Waals surface area contributed by atoms with E-state index in [9.17, 15) is 9.59 Å². The van der Waals surface area contributed by atoms with Gasteiger partial charge in [-0.1, -0.05) is 29.8 Å². The van der Waals surface area contributed by atoms with Crippen LogP contribution in [-0.2, 0) is 27.3 Å². The molecular formula is C20H20ClN2O3. The normalized spacial score (nSPS) is 15.6. The molecule has 0 aromatic heterocycles. The van der Waals surface area contributed by atoms with Gasteiger partial charge in [0.25, 0.3) is 0 Å². The molecule has 5 nitrogen and oxygen atoms in total. The molecule has 2 aromatic rings. The number of methoxy groups -OCH3 is 1. The van der Waals surface area contributed by atoms with Crippen molar-refractivity contribution >= 4 is 29.1 Å². The average Bonchev–Trinajstić information content (AvgIpc) is 3.05. The van der Waals surface area contributed by atoms with Crippen LogP contribution < -0.4 is 10.2 Å². The van der Waals surface area contributed by atoms with E-state index in [1.165, 1.54) is 0 Å². The van der Waals surface area contributed by atoms with E-state index >= 15 is 0 Å². The minimum atomic E-state index is -0.558. The van der Waals surface area contributed by atoms with Crippen LogP contribution in [0.4, 0.5) is 5.69 Å². The van der Waals surface area contributed by atoms with E-state index < -0.39 is 6.04 Å². The third-order valence-corrected chi connectivity index (χ3v) is 4.63. The monoisotopic (exact) mass is 371 g/mol. The molecule has 1 radical (unpaired) electrons. The van der Waals surface area contributed by atoms with Crippen LogP contribution in [0.25, 0.3) is 0 Å². The molecule has 3 rings (SSSR count). The van der Waals surface area contributed by atoms with Crippen molar-refractivity contribution < 1.29 is 14.3 Å². The zero-order chi connectivity index (χ0) is 18.5. The molecular weight excluding hydrogens is 352 g/mol. The largest absolute Gasteiger partial charge is 0.384 e. The lowest BCUT2D eigenvalue weighted by Crippen LogP contribution is -2.48. The Labute approximate surface area is 157 Å². The molecule has 2 amide bonds. The van der Waals surface area contributed by atoms with Gasteiger partial charge in [0.1, 0.15) is 6.04 Å². The Balaban J connectivity index is 1.73. The molecule has 2 aromatic carbocycles. The van der Waals surface area contributed by atoms with Crippen molar-refractivity contribution in [3.63, 3.8) is 0 Å². The van der Waals surface area contributed by atoms with Crippen molar-refractivity contribution in [1.82, 2.24) is 5.32 Å². The quantitative estimate of drug-likeness (QED) is 0.849. The first-order chi connectivity index (χ1) is 12.6. The molecule has 0 saturated heterocycles. The third kappa shape index (κ3) is 4.06. The summed E-state index contributed by atoms with van der Waals surface area (Å²) in [4.78, 5) is 27.0. The molecule has 0 bridgehead atoms. The average molecular weight is 372 g/mol. The fraction of sp³-hybridized carbons (Fsp3) is 0.300. The third-order valence-electron chi connectivity index (χ3n) is 4.38. The van der Waals surface area contributed by atoms with E-state index in [1.807, 2.05) is 24.3 Å². The van der Waals surface area contributed by atoms with Gasteiger partial charge in [-0.15, -0.1) is 0 Å². The number of rotatable bonds is 6. The summed E-state index contributed by atoms with van der Waals surface area (Å²) in [6.07, 6.45) is 0.716. The van der Waals surface area contributed by atoms with Gasteiger partial charge in [0, 0.05) is 30.8 Å². The Kier molecular flexibility index (Phi) is 5.91. The molecule has 0 aliphatic carbocycles. The maximum atomic E-state index is 12.8. The van der Waals surface area contributed by atoms with Crippen LogP contribution in [0.5, 0.6) is 0 Å². The number of nitrogens with zero attached hydrogens (tertiary/aromatic N) is 1. The summed E-state index contributed by atoms with van der Waals surface area (Å²) in [5, 5.41) is 3.57. The molecule has 0 fully saturated rings. The van der Waals surface area contributed by atoms with Crippen molar-refractivity contribution in [3.05, 3.63) is 64.7 Å². The SMILES string of the molecule is COCCC(=O)N1c2cc[c]cc2CC1C(=O)NCc1ccc(Cl)cc1. The topological polar surface area (TPSA) is 58.6 Å². The molecule has 26 heavy (non-hydrogen) atoms. The van der Waals surface area contributed by atoms with Gasteiger partial charge in [0.05, 0.1) is 13.0 Å². The number of carbonyl (C=O) groups excluding carboxylic acids is 2. The van der Waals surface area contributed by atoms with Crippen LogP contribution in [0.2, 0.25) is 5.02 Å². The molecule has 0 spiro atoms. The molecule has 1 aliphatic heterocycles. The second-order valence-corrected chi connectivity index (χ2v) is 6.56. The van der Waals surface area contributed by atoms with Gasteiger partial charge in [-0.2, -0.15) is 0 Å². The Bertz CT molecular complexity index is 792. The Morgan fingerprint density at radius 3 is 2.81 bits per heavy atom. The first-order valence-electron chi connectivity index (χ1n) is 8.42. The minimum Gasteiger partial charge on any atom is -0.384 e. The van der Waals surface area contributed by atoms with Crippen LogP contribution in [0.1, 0.15) is 17.5 Å². The minimum absolute atomic E-state index is 0.122. The number of anilines is 1. The summed E-state index contributed by atoms with van der Waals surface area (Å²) in [7, 11) is 1.55. The van der Waals surface area contributed by atoms with Crippen molar-refractivity contribution in [1.29, 1.82) is 0 Å². The van der Waals surface area contributed by atoms with Gasteiger partial charge >= 0.3 is 0 Å². The highest BCUT2D eigenvalue weighted by molar-refractivity contribution is 6.30. The molecule has 6 heteroatoms. The van der Waals surface area contributed by atoms with Crippen LogP contribution in [0.3, 0.4) is 0 Å². The highest BCUT2D eigenvalue weighted by Crippen LogP contribution is 2.32. The zero-order valence-corrected chi connectivity index (χ0v) is 15.3. The number of fused-ring (bicyclic) bond motifs is 1. The summed E-state index contributed by atoms with van der Waals surface area (Å²) in [5.74, 6) is -0.301. The molecule has 1 N–H and O–H groups in total. The maximum absolute atomic E-state index is 12.8. The Morgan fingerprint density at radius 2 is 2.08 bits per heavy atom. The van der Waals surface area contributed by atoms with Gasteiger partial charge in [-0.3, -0.25) is 14.5 Å². The van der Waals surface area contributed by atoms with Gasteiger partial charge in [-0.05, 0) is 41.5 Å². The van der Waals surface area contributed by atoms with E-state index in [0.29, 0.717) is 24.6 Å². The first kappa shape index (κ1) is 18.4. The smallest absolute Gasteiger partial charge is 0.243 e. The Hall–Kier alpha value is -2.37. The van der Waals surface area contributed by atoms with Gasteiger partial charge < -0.3 is 10.1 Å². The molecule has 1 aliphatic rings. The number of halogens is 1. The van der Waals surface area contributed by atoms with E-state index in [1.54, 1.807) is 30.2 Å². The molecule has 1 atom stereocenters. The van der Waals surface area contributed by atoms with Crippen molar-refractivity contribution in [2.45, 2.75) is 25.4 Å². The van der Waals surface area contributed by atoms with E-state index in [-0.39, 0.29) is 18.2 Å². The Morgan fingerprint density at radius 1 is 1.31 bits per heavy atom. The highest BCUT2D eigenvalue weighted by Gasteiger charge is 2.37. The van der Waals surface area contributed by atoms with Gasteiger partial charge in [0.2, 0.25) is 11.8 Å². The van der Waals surface area contributed by atoms with Crippen LogP contribution in [0, 0.1) is 6.07 Å². The van der Waals surface area contributed by atoms with Gasteiger partial charge in [0.15, 0.2) is 0 Å². The lowest BCUT2D eigenvalue weighted by Gasteiger charge is -2.25. The second kappa shape index (κ2) is 8.34. The zero-order valence-electron chi connectivity index (χ0n) is 14.5. The lowest BCUT2D eigenvalue weighted by atomic mass is 10.1. The van der Waals surface area contributed by atoms with Crippen molar-refractivity contribution in [2.24, 2.45) is 0 Å². The summed E-state index contributed by atoms with van der Waals surface area (Å²) >= 11 is 5.88. The highest BCUT2D eigenvalue weighted by atomic mass is 35.5.